The van der Waals surface area contributed by atoms with Crippen molar-refractivity contribution in [2.24, 2.45) is 5.92 Å². The smallest absolute Gasteiger partial charge is 0.336 e. The molecule has 5 rings (SSSR count). The summed E-state index contributed by atoms with van der Waals surface area (Å²) in [5, 5.41) is 6.73. The Bertz CT molecular complexity index is 2170. The van der Waals surface area contributed by atoms with Crippen molar-refractivity contribution in [1.29, 1.82) is 0 Å². The molecular formula is C43H47N2O5+. The zero-order chi connectivity index (χ0) is 35.5. The summed E-state index contributed by atoms with van der Waals surface area (Å²) in [5.41, 5.74) is 4.66. The number of rotatable bonds is 15. The van der Waals surface area contributed by atoms with Crippen LogP contribution in [0.2, 0.25) is 0 Å². The van der Waals surface area contributed by atoms with E-state index in [1.165, 1.54) is 24.5 Å². The molecule has 0 fully saturated rings. The lowest BCUT2D eigenvalue weighted by molar-refractivity contribution is -0.696. The molecule has 1 amide bonds. The van der Waals surface area contributed by atoms with Crippen molar-refractivity contribution in [2.45, 2.75) is 66.8 Å². The Hall–Kier alpha value is -5.43. The fourth-order valence-corrected chi connectivity index (χ4v) is 5.69. The molecule has 0 bridgehead atoms. The number of amides is 1. The van der Waals surface area contributed by atoms with Crippen LogP contribution in [0.3, 0.4) is 0 Å². The van der Waals surface area contributed by atoms with Gasteiger partial charge < -0.3 is 18.9 Å². The van der Waals surface area contributed by atoms with E-state index in [9.17, 15) is 9.59 Å². The summed E-state index contributed by atoms with van der Waals surface area (Å²) in [6.45, 7) is 11.8. The zero-order valence-corrected chi connectivity index (χ0v) is 29.7. The van der Waals surface area contributed by atoms with Crippen molar-refractivity contribution in [2.75, 3.05) is 11.9 Å². The van der Waals surface area contributed by atoms with Gasteiger partial charge in [-0.2, -0.15) is 0 Å². The Morgan fingerprint density at radius 3 is 2.50 bits per heavy atom. The van der Waals surface area contributed by atoms with Gasteiger partial charge in [0.2, 0.25) is 11.7 Å². The average Bonchev–Trinajstić information content (AvgIpc) is 3.54. The van der Waals surface area contributed by atoms with Crippen LogP contribution in [0, 0.1) is 5.92 Å². The molecule has 0 saturated heterocycles. The van der Waals surface area contributed by atoms with Crippen LogP contribution in [0.1, 0.15) is 60.3 Å². The molecule has 258 valence electrons. The fraction of sp³-hybridized carbons (Fsp3) is 0.279. The van der Waals surface area contributed by atoms with E-state index < -0.39 is 5.63 Å². The van der Waals surface area contributed by atoms with Gasteiger partial charge in [-0.1, -0.05) is 67.9 Å². The lowest BCUT2D eigenvalue weighted by Gasteiger charge is -2.08. The molecule has 50 heavy (non-hydrogen) atoms. The van der Waals surface area contributed by atoms with Gasteiger partial charge in [0.15, 0.2) is 30.1 Å². The number of nitrogens with zero attached hydrogens (tertiary/aromatic N) is 1. The SMILES string of the molecule is CC(C=CC=C(C)CCCC(C)C)=CC=CC(C)=CC(=O)Nc1ccc2c[n+](CCCOc3c4occc4cc4ccc(=O)oc34)ccc2c1. The number of aryl methyl sites for hydroxylation is 1. The normalized spacial score (nSPS) is 13.1. The van der Waals surface area contributed by atoms with Gasteiger partial charge in [0.05, 0.1) is 12.9 Å². The standard InChI is InChI=1S/C43H46N2O5/c1-30(2)10-6-11-31(3)12-7-13-32(4)14-8-15-33(5)26-39(46)44-38-18-16-37-29-45(23-20-34(37)28-38)22-9-24-48-43-41-36(21-25-49-41)27-35-17-19-40(47)50-42(35)43/h7-8,12-21,23,25-30H,6,9-11,22,24H2,1-5H3/p+1. The van der Waals surface area contributed by atoms with Gasteiger partial charge in [0.25, 0.3) is 0 Å². The Labute approximate surface area is 293 Å². The van der Waals surface area contributed by atoms with Gasteiger partial charge in [0.1, 0.15) is 0 Å². The number of hydrogen-bond donors (Lipinski definition) is 1. The van der Waals surface area contributed by atoms with E-state index in [0.717, 1.165) is 63.7 Å². The maximum atomic E-state index is 12.7. The van der Waals surface area contributed by atoms with Gasteiger partial charge in [-0.3, -0.25) is 4.79 Å². The maximum absolute atomic E-state index is 12.7. The van der Waals surface area contributed by atoms with Crippen molar-refractivity contribution in [1.82, 2.24) is 0 Å². The number of carbonyl (C=O) groups excluding carboxylic acids is 1. The number of benzene rings is 2. The predicted molar refractivity (Wildman–Crippen MR) is 203 cm³/mol. The highest BCUT2D eigenvalue weighted by Crippen LogP contribution is 2.35. The third-order valence-corrected chi connectivity index (χ3v) is 8.36. The summed E-state index contributed by atoms with van der Waals surface area (Å²) in [6, 6.07) is 14.8. The van der Waals surface area contributed by atoms with Crippen LogP contribution in [-0.2, 0) is 11.3 Å². The quantitative estimate of drug-likeness (QED) is 0.0394. The molecular weight excluding hydrogens is 624 g/mol. The maximum Gasteiger partial charge on any atom is 0.336 e. The number of furan rings is 1. The number of fused-ring (bicyclic) bond motifs is 3. The second-order valence-electron chi connectivity index (χ2n) is 13.3. The largest absolute Gasteiger partial charge is 0.486 e. The first-order valence-corrected chi connectivity index (χ1v) is 17.3. The molecule has 0 aliphatic carbocycles. The summed E-state index contributed by atoms with van der Waals surface area (Å²) in [7, 11) is 0. The third kappa shape index (κ3) is 10.3. The van der Waals surface area contributed by atoms with E-state index in [-0.39, 0.29) is 5.91 Å². The van der Waals surface area contributed by atoms with Gasteiger partial charge in [-0.05, 0) is 86.9 Å². The van der Waals surface area contributed by atoms with Gasteiger partial charge >= 0.3 is 5.63 Å². The minimum Gasteiger partial charge on any atom is -0.486 e. The number of aromatic nitrogens is 1. The topological polar surface area (TPSA) is 85.6 Å². The molecule has 5 aromatic rings. The lowest BCUT2D eigenvalue weighted by atomic mass is 10.0. The van der Waals surface area contributed by atoms with Crippen molar-refractivity contribution in [3.05, 3.63) is 137 Å². The lowest BCUT2D eigenvalue weighted by Crippen LogP contribution is -2.33. The van der Waals surface area contributed by atoms with Crippen LogP contribution in [0.15, 0.2) is 140 Å². The van der Waals surface area contributed by atoms with Crippen molar-refractivity contribution >= 4 is 44.3 Å². The number of ether oxygens (including phenoxy) is 1. The summed E-state index contributed by atoms with van der Waals surface area (Å²) >= 11 is 0. The Kier molecular flexibility index (Phi) is 12.4. The van der Waals surface area contributed by atoms with Crippen LogP contribution in [0.4, 0.5) is 5.69 Å². The Morgan fingerprint density at radius 2 is 1.66 bits per heavy atom. The molecule has 0 spiro atoms. The molecule has 7 heteroatoms. The summed E-state index contributed by atoms with van der Waals surface area (Å²) in [4.78, 5) is 24.6. The zero-order valence-electron chi connectivity index (χ0n) is 29.7. The van der Waals surface area contributed by atoms with Gasteiger partial charge in [-0.25, -0.2) is 9.36 Å². The van der Waals surface area contributed by atoms with Crippen LogP contribution >= 0.6 is 0 Å². The van der Waals surface area contributed by atoms with Crippen molar-refractivity contribution < 1.29 is 22.9 Å². The van der Waals surface area contributed by atoms with E-state index in [1.54, 1.807) is 18.4 Å². The molecule has 1 N–H and O–H groups in total. The van der Waals surface area contributed by atoms with Crippen molar-refractivity contribution in [3.8, 4) is 5.75 Å². The van der Waals surface area contributed by atoms with Gasteiger partial charge in [0, 0.05) is 46.5 Å². The summed E-state index contributed by atoms with van der Waals surface area (Å²) in [6.07, 6.45) is 24.0. The first kappa shape index (κ1) is 35.9. The highest BCUT2D eigenvalue weighted by molar-refractivity contribution is 6.01. The first-order valence-electron chi connectivity index (χ1n) is 17.3. The molecule has 0 saturated carbocycles. The van der Waals surface area contributed by atoms with Crippen LogP contribution in [0.25, 0.3) is 32.7 Å². The third-order valence-electron chi connectivity index (χ3n) is 8.36. The molecule has 0 radical (unpaired) electrons. The van der Waals surface area contributed by atoms with E-state index in [1.807, 2.05) is 67.7 Å². The van der Waals surface area contributed by atoms with Crippen LogP contribution < -0.4 is 20.2 Å². The van der Waals surface area contributed by atoms with E-state index in [0.29, 0.717) is 23.5 Å². The minimum atomic E-state index is -0.435. The van der Waals surface area contributed by atoms with E-state index in [2.05, 4.69) is 62.0 Å². The summed E-state index contributed by atoms with van der Waals surface area (Å²) < 4.78 is 19.3. The highest BCUT2D eigenvalue weighted by Gasteiger charge is 2.15. The second-order valence-corrected chi connectivity index (χ2v) is 13.3. The van der Waals surface area contributed by atoms with Crippen LogP contribution in [-0.4, -0.2) is 12.5 Å². The van der Waals surface area contributed by atoms with Gasteiger partial charge in [-0.15, -0.1) is 0 Å². The second kappa shape index (κ2) is 17.3. The predicted octanol–water partition coefficient (Wildman–Crippen LogP) is 10.2. The van der Waals surface area contributed by atoms with E-state index >= 15 is 0 Å². The number of carbonyl (C=O) groups is 1. The number of anilines is 1. The summed E-state index contributed by atoms with van der Waals surface area (Å²) in [5.74, 6) is 1.03. The molecule has 3 aromatic heterocycles. The Balaban J connectivity index is 1.11. The number of nitrogens with one attached hydrogen (secondary N) is 1. The first-order chi connectivity index (χ1) is 24.1. The average molecular weight is 672 g/mol. The van der Waals surface area contributed by atoms with Crippen molar-refractivity contribution in [3.63, 3.8) is 0 Å². The molecule has 7 nitrogen and oxygen atoms in total. The molecule has 0 aliphatic heterocycles. The minimum absolute atomic E-state index is 0.173. The molecule has 0 unspecified atom stereocenters. The molecule has 0 aliphatic rings. The highest BCUT2D eigenvalue weighted by atomic mass is 16.5. The molecule has 3 heterocycles. The Morgan fingerprint density at radius 1 is 0.880 bits per heavy atom. The number of allylic oxidation sites excluding steroid dienone is 9. The van der Waals surface area contributed by atoms with Crippen LogP contribution in [0.5, 0.6) is 5.75 Å². The fourth-order valence-electron chi connectivity index (χ4n) is 5.69. The monoisotopic (exact) mass is 671 g/mol. The molecule has 0 atom stereocenters. The van der Waals surface area contributed by atoms with E-state index in [4.69, 9.17) is 13.6 Å². The number of hydrogen-bond acceptors (Lipinski definition) is 5. The number of pyridine rings is 1. The molecule has 2 aromatic carbocycles.